The number of nitrogen functional groups attached to an aromatic ring is 1. The molecule has 4 aromatic rings. The highest BCUT2D eigenvalue weighted by Crippen LogP contribution is 2.29. The zero-order chi connectivity index (χ0) is 23.7. The van der Waals surface area contributed by atoms with E-state index < -0.39 is 5.56 Å². The van der Waals surface area contributed by atoms with Crippen LogP contribution in [0.2, 0.25) is 0 Å². The Hall–Kier alpha value is -4.05. The van der Waals surface area contributed by atoms with Crippen molar-refractivity contribution in [2.45, 2.75) is 13.0 Å². The van der Waals surface area contributed by atoms with E-state index in [9.17, 15) is 9.18 Å². The Kier molecular flexibility index (Phi) is 5.81. The molecule has 2 aromatic heterocycles. The largest absolute Gasteiger partial charge is 0.436 e. The Labute approximate surface area is 195 Å². The van der Waals surface area contributed by atoms with Crippen molar-refractivity contribution in [2.75, 3.05) is 36.8 Å². The first-order valence-electron chi connectivity index (χ1n) is 11.0. The van der Waals surface area contributed by atoms with Crippen molar-refractivity contribution >= 4 is 22.7 Å². The fraction of sp³-hybridized carbons (Fsp3) is 0.250. The molecule has 2 aromatic carbocycles. The zero-order valence-electron chi connectivity index (χ0n) is 18.6. The van der Waals surface area contributed by atoms with Crippen molar-refractivity contribution < 1.29 is 9.13 Å². The van der Waals surface area contributed by atoms with Crippen LogP contribution >= 0.6 is 0 Å². The van der Waals surface area contributed by atoms with Gasteiger partial charge in [-0.25, -0.2) is 19.3 Å². The molecule has 10 heteroatoms. The van der Waals surface area contributed by atoms with Crippen LogP contribution in [0.3, 0.4) is 0 Å². The van der Waals surface area contributed by atoms with Gasteiger partial charge in [0.05, 0.1) is 5.52 Å². The molecule has 0 amide bonds. The number of halogens is 1. The number of H-pyrrole nitrogens is 1. The van der Waals surface area contributed by atoms with E-state index in [2.05, 4.69) is 36.7 Å². The van der Waals surface area contributed by atoms with Crippen LogP contribution in [0.4, 0.5) is 16.0 Å². The normalized spacial score (nSPS) is 15.4. The van der Waals surface area contributed by atoms with Gasteiger partial charge in [0, 0.05) is 38.3 Å². The number of para-hydroxylation sites is 1. The summed E-state index contributed by atoms with van der Waals surface area (Å²) in [6.07, 6.45) is 1.47. The second-order valence-electron chi connectivity index (χ2n) is 8.17. The van der Waals surface area contributed by atoms with Gasteiger partial charge in [-0.1, -0.05) is 18.2 Å². The highest BCUT2D eigenvalue weighted by atomic mass is 19.1. The predicted octanol–water partition coefficient (Wildman–Crippen LogP) is 3.11. The maximum absolute atomic E-state index is 13.2. The molecular weight excluding hydrogens is 437 g/mol. The van der Waals surface area contributed by atoms with Gasteiger partial charge in [-0.05, 0) is 36.8 Å². The van der Waals surface area contributed by atoms with E-state index in [-0.39, 0.29) is 17.7 Å². The highest BCUT2D eigenvalue weighted by molar-refractivity contribution is 5.82. The Bertz CT molecular complexity index is 1370. The van der Waals surface area contributed by atoms with E-state index in [1.165, 1.54) is 18.5 Å². The van der Waals surface area contributed by atoms with Crippen LogP contribution in [0, 0.1) is 5.82 Å². The summed E-state index contributed by atoms with van der Waals surface area (Å²) in [5.74, 6) is 1.22. The van der Waals surface area contributed by atoms with Crippen LogP contribution in [0.25, 0.3) is 11.0 Å². The van der Waals surface area contributed by atoms with E-state index in [0.29, 0.717) is 22.7 Å². The van der Waals surface area contributed by atoms with Crippen molar-refractivity contribution in [1.29, 1.82) is 0 Å². The number of hydrogen-bond donors (Lipinski definition) is 2. The van der Waals surface area contributed by atoms with E-state index in [4.69, 9.17) is 10.5 Å². The van der Waals surface area contributed by atoms with Gasteiger partial charge in [0.25, 0.3) is 5.56 Å². The number of aromatic amines is 1. The smallest absolute Gasteiger partial charge is 0.290 e. The maximum Gasteiger partial charge on any atom is 0.290 e. The predicted molar refractivity (Wildman–Crippen MR) is 127 cm³/mol. The summed E-state index contributed by atoms with van der Waals surface area (Å²) in [6.45, 7) is 5.40. The van der Waals surface area contributed by atoms with Gasteiger partial charge in [0.15, 0.2) is 11.6 Å². The van der Waals surface area contributed by atoms with Crippen molar-refractivity contribution in [3.8, 4) is 11.6 Å². The number of nitrogens with two attached hydrogens (primary N) is 1. The van der Waals surface area contributed by atoms with Gasteiger partial charge in [0.1, 0.15) is 23.5 Å². The first-order valence-corrected chi connectivity index (χ1v) is 11.0. The molecule has 3 heterocycles. The summed E-state index contributed by atoms with van der Waals surface area (Å²) in [5, 5.41) is 0. The van der Waals surface area contributed by atoms with Crippen molar-refractivity contribution in [1.82, 2.24) is 24.8 Å². The van der Waals surface area contributed by atoms with Crippen molar-refractivity contribution in [3.63, 3.8) is 0 Å². The van der Waals surface area contributed by atoms with Gasteiger partial charge in [-0.15, -0.1) is 0 Å². The number of anilines is 2. The second-order valence-corrected chi connectivity index (χ2v) is 8.17. The van der Waals surface area contributed by atoms with E-state index in [1.807, 2.05) is 12.1 Å². The minimum Gasteiger partial charge on any atom is -0.436 e. The third-order valence-corrected chi connectivity index (χ3v) is 6.09. The lowest BCUT2D eigenvalue weighted by Gasteiger charge is -2.38. The van der Waals surface area contributed by atoms with Crippen molar-refractivity contribution in [2.24, 2.45) is 0 Å². The lowest BCUT2D eigenvalue weighted by Crippen LogP contribution is -2.47. The molecule has 1 saturated heterocycles. The number of fused-ring (bicyclic) bond motifs is 1. The summed E-state index contributed by atoms with van der Waals surface area (Å²) in [5.41, 5.74) is 7.31. The molecule has 0 spiro atoms. The number of piperazine rings is 1. The lowest BCUT2D eigenvalue weighted by atomic mass is 10.1. The molecule has 174 valence electrons. The standard InChI is InChI=1S/C24H24FN7O2/c1-15(16-5-7-17(25)8-6-16)31-9-11-32(12-10-31)20-13-21(28-14-27-20)34-19-4-2-3-18-22(19)30-23(26)24(33)29-18/h2-8,13-15H,9-12H2,1H3,(H2,26,30)(H,29,33). The molecule has 0 radical (unpaired) electrons. The molecule has 1 aliphatic heterocycles. The van der Waals surface area contributed by atoms with Crippen molar-refractivity contribution in [3.05, 3.63) is 76.6 Å². The SMILES string of the molecule is CC(c1ccc(F)cc1)N1CCN(c2cc(Oc3cccc4[nH]c(=O)c(N)nc34)ncn2)CC1. The maximum atomic E-state index is 13.2. The summed E-state index contributed by atoms with van der Waals surface area (Å²) >= 11 is 0. The Morgan fingerprint density at radius 1 is 1.09 bits per heavy atom. The molecule has 34 heavy (non-hydrogen) atoms. The number of aromatic nitrogens is 4. The summed E-state index contributed by atoms with van der Waals surface area (Å²) in [6, 6.07) is 13.9. The monoisotopic (exact) mass is 461 g/mol. The molecule has 0 bridgehead atoms. The minimum atomic E-state index is -0.443. The van der Waals surface area contributed by atoms with Crippen LogP contribution in [0.15, 0.2) is 59.7 Å². The molecular formula is C24H24FN7O2. The number of ether oxygens (including phenoxy) is 1. The lowest BCUT2D eigenvalue weighted by molar-refractivity contribution is 0.198. The molecule has 1 atom stereocenters. The molecule has 5 rings (SSSR count). The minimum absolute atomic E-state index is 0.125. The van der Waals surface area contributed by atoms with Gasteiger partial charge >= 0.3 is 0 Å². The molecule has 0 saturated carbocycles. The van der Waals surface area contributed by atoms with Crippen LogP contribution in [0.1, 0.15) is 18.5 Å². The molecule has 0 aliphatic carbocycles. The third kappa shape index (κ3) is 4.40. The summed E-state index contributed by atoms with van der Waals surface area (Å²) < 4.78 is 19.2. The molecule has 1 aliphatic rings. The third-order valence-electron chi connectivity index (χ3n) is 6.09. The van der Waals surface area contributed by atoms with Crippen LogP contribution < -0.4 is 20.9 Å². The molecule has 9 nitrogen and oxygen atoms in total. The zero-order valence-corrected chi connectivity index (χ0v) is 18.6. The average Bonchev–Trinajstić information content (AvgIpc) is 2.86. The fourth-order valence-electron chi connectivity index (χ4n) is 4.14. The number of nitrogens with one attached hydrogen (secondary N) is 1. The topological polar surface area (TPSA) is 113 Å². The fourth-order valence-corrected chi connectivity index (χ4v) is 4.14. The summed E-state index contributed by atoms with van der Waals surface area (Å²) in [7, 11) is 0. The number of nitrogens with zero attached hydrogens (tertiary/aromatic N) is 5. The van der Waals surface area contributed by atoms with E-state index in [1.54, 1.807) is 24.3 Å². The van der Waals surface area contributed by atoms with Gasteiger partial charge in [-0.2, -0.15) is 0 Å². The van der Waals surface area contributed by atoms with E-state index >= 15 is 0 Å². The first-order chi connectivity index (χ1) is 16.5. The molecule has 1 fully saturated rings. The Morgan fingerprint density at radius 3 is 2.62 bits per heavy atom. The summed E-state index contributed by atoms with van der Waals surface area (Å²) in [4.78, 5) is 31.8. The highest BCUT2D eigenvalue weighted by Gasteiger charge is 2.23. The first kappa shape index (κ1) is 21.8. The molecule has 1 unspecified atom stereocenters. The average molecular weight is 462 g/mol. The number of hydrogen-bond acceptors (Lipinski definition) is 8. The van der Waals surface area contributed by atoms with Crippen LogP contribution in [-0.2, 0) is 0 Å². The molecule has 3 N–H and O–H groups in total. The van der Waals surface area contributed by atoms with E-state index in [0.717, 1.165) is 37.6 Å². The quantitative estimate of drug-likeness (QED) is 0.466. The Balaban J connectivity index is 1.29. The number of benzene rings is 2. The van der Waals surface area contributed by atoms with Gasteiger partial charge in [-0.3, -0.25) is 9.69 Å². The van der Waals surface area contributed by atoms with Gasteiger partial charge in [0.2, 0.25) is 5.88 Å². The number of rotatable bonds is 5. The van der Waals surface area contributed by atoms with Crippen LogP contribution in [-0.4, -0.2) is 51.0 Å². The van der Waals surface area contributed by atoms with Crippen LogP contribution in [0.5, 0.6) is 11.6 Å². The Morgan fingerprint density at radius 2 is 1.85 bits per heavy atom. The van der Waals surface area contributed by atoms with Gasteiger partial charge < -0.3 is 20.4 Å². The second kappa shape index (κ2) is 9.06.